The topological polar surface area (TPSA) is 139 Å². The summed E-state index contributed by atoms with van der Waals surface area (Å²) in [6.07, 6.45) is -2.13. The molecule has 0 saturated carbocycles. The van der Waals surface area contributed by atoms with E-state index in [2.05, 4.69) is 11.1 Å². The molecule has 1 aromatic carbocycles. The third kappa shape index (κ3) is 4.57. The van der Waals surface area contributed by atoms with Crippen LogP contribution >= 0.6 is 0 Å². The van der Waals surface area contributed by atoms with Gasteiger partial charge in [0.2, 0.25) is 0 Å². The summed E-state index contributed by atoms with van der Waals surface area (Å²) in [5.41, 5.74) is 4.95. The number of esters is 2. The predicted molar refractivity (Wildman–Crippen MR) is 104 cm³/mol. The van der Waals surface area contributed by atoms with Gasteiger partial charge in [-0.2, -0.15) is 0 Å². The van der Waals surface area contributed by atoms with Gasteiger partial charge in [-0.05, 0) is 24.0 Å². The van der Waals surface area contributed by atoms with E-state index in [4.69, 9.17) is 14.2 Å². The number of carbonyl (C=O) groups excluding carboxylic acids is 3. The number of aliphatic hydroxyl groups is 1. The summed E-state index contributed by atoms with van der Waals surface area (Å²) in [5.74, 6) is -1.04. The van der Waals surface area contributed by atoms with Crippen molar-refractivity contribution in [2.45, 2.75) is 63.5 Å². The lowest BCUT2D eigenvalue weighted by Gasteiger charge is -2.33. The number of aliphatic hydroxyl groups excluding tert-OH is 1. The quantitative estimate of drug-likeness (QED) is 0.509. The van der Waals surface area contributed by atoms with Gasteiger partial charge in [-0.3, -0.25) is 9.59 Å². The van der Waals surface area contributed by atoms with Gasteiger partial charge in [0.15, 0.2) is 12.2 Å². The maximum absolute atomic E-state index is 12.7. The molecule has 1 saturated heterocycles. The summed E-state index contributed by atoms with van der Waals surface area (Å²) in [4.78, 5) is 36.8. The first-order chi connectivity index (χ1) is 14.2. The Balaban J connectivity index is 1.77. The number of amides is 1. The zero-order valence-electron chi connectivity index (χ0n) is 17.4. The summed E-state index contributed by atoms with van der Waals surface area (Å²) in [7, 11) is 1.49. The van der Waals surface area contributed by atoms with Crippen LogP contribution in [0.4, 0.5) is 0 Å². The highest BCUT2D eigenvalue weighted by molar-refractivity contribution is 5.95. The molecule has 1 fully saturated rings. The molecular weight excluding hydrogens is 392 g/mol. The van der Waals surface area contributed by atoms with Crippen molar-refractivity contribution in [3.63, 3.8) is 0 Å². The van der Waals surface area contributed by atoms with Crippen molar-refractivity contribution < 1.29 is 39.4 Å². The number of cyclic esters (lactones) is 2. The molecule has 0 unspecified atom stereocenters. The van der Waals surface area contributed by atoms with E-state index in [1.807, 2.05) is 19.9 Å². The molecule has 1 amide bonds. The van der Waals surface area contributed by atoms with Crippen molar-refractivity contribution in [2.75, 3.05) is 7.11 Å². The van der Waals surface area contributed by atoms with E-state index in [-0.39, 0.29) is 12.3 Å². The average Bonchev–Trinajstić information content (AvgIpc) is 3.03. The lowest BCUT2D eigenvalue weighted by molar-refractivity contribution is -0.429. The van der Waals surface area contributed by atoms with Gasteiger partial charge in [-0.1, -0.05) is 26.0 Å². The summed E-state index contributed by atoms with van der Waals surface area (Å²) in [6, 6.07) is 4.31. The second kappa shape index (κ2) is 9.01. The van der Waals surface area contributed by atoms with E-state index in [9.17, 15) is 19.5 Å². The number of ether oxygens (including phenoxy) is 3. The number of methoxy groups -OCH3 is 1. The molecule has 1 aromatic rings. The van der Waals surface area contributed by atoms with Gasteiger partial charge in [0.25, 0.3) is 5.91 Å². The lowest BCUT2D eigenvalue weighted by Crippen LogP contribution is -2.68. The zero-order chi connectivity index (χ0) is 22.0. The van der Waals surface area contributed by atoms with Crippen LogP contribution in [0, 0.1) is 5.92 Å². The van der Waals surface area contributed by atoms with Crippen LogP contribution in [0.15, 0.2) is 18.2 Å². The second-order valence-corrected chi connectivity index (χ2v) is 8.25. The van der Waals surface area contributed by atoms with Gasteiger partial charge >= 0.3 is 11.9 Å². The van der Waals surface area contributed by atoms with Gasteiger partial charge in [0, 0.05) is 6.42 Å². The Kier molecular flexibility index (Phi) is 6.62. The van der Waals surface area contributed by atoms with Crippen LogP contribution < -0.4 is 15.8 Å². The van der Waals surface area contributed by atoms with Crippen molar-refractivity contribution in [3.8, 4) is 5.75 Å². The highest BCUT2D eigenvalue weighted by Gasteiger charge is 2.44. The Morgan fingerprint density at radius 2 is 2.03 bits per heavy atom. The van der Waals surface area contributed by atoms with E-state index in [0.717, 1.165) is 5.56 Å². The molecule has 5 atom stereocenters. The fraction of sp³-hybridized carbons (Fsp3) is 0.571. The second-order valence-electron chi connectivity index (χ2n) is 8.25. The molecule has 3 rings (SSSR count). The van der Waals surface area contributed by atoms with E-state index in [0.29, 0.717) is 24.2 Å². The standard InChI is InChI=1S/C21H28N2O7/c1-10(2)7-13(23-20(26)18(25)19-12(22)9-16(24)30-19)15-8-11-5-4-6-14(28-3)17(11)21(27)29-15/h4-6,10,12-13,15,18-19,25H,7-9,22H2,1-3H3,(H,23,26)/p+1/t12-,13-,15-,18-,19-/m0/s1. The number of hydrogen-bond donors (Lipinski definition) is 3. The van der Waals surface area contributed by atoms with Crippen molar-refractivity contribution in [1.82, 2.24) is 5.32 Å². The first-order valence-electron chi connectivity index (χ1n) is 10.1. The molecule has 0 radical (unpaired) electrons. The molecule has 0 spiro atoms. The van der Waals surface area contributed by atoms with Gasteiger partial charge in [-0.25, -0.2) is 4.79 Å². The molecule has 5 N–H and O–H groups in total. The van der Waals surface area contributed by atoms with Crippen molar-refractivity contribution in [1.29, 1.82) is 0 Å². The molecule has 2 heterocycles. The van der Waals surface area contributed by atoms with Gasteiger partial charge in [-0.15, -0.1) is 0 Å². The van der Waals surface area contributed by atoms with Crippen LogP contribution in [0.2, 0.25) is 0 Å². The fourth-order valence-electron chi connectivity index (χ4n) is 4.01. The third-order valence-electron chi connectivity index (χ3n) is 5.46. The molecule has 164 valence electrons. The van der Waals surface area contributed by atoms with Gasteiger partial charge in [0.1, 0.15) is 29.9 Å². The smallest absolute Gasteiger partial charge is 0.342 e. The first-order valence-corrected chi connectivity index (χ1v) is 10.1. The number of rotatable bonds is 7. The van der Waals surface area contributed by atoms with Crippen LogP contribution in [-0.2, 0) is 25.5 Å². The number of benzene rings is 1. The van der Waals surface area contributed by atoms with E-state index < -0.39 is 48.2 Å². The van der Waals surface area contributed by atoms with Crippen LogP contribution in [0.25, 0.3) is 0 Å². The lowest BCUT2D eigenvalue weighted by atomic mass is 9.90. The minimum absolute atomic E-state index is 0.0588. The molecule has 2 aliphatic heterocycles. The SMILES string of the molecule is COc1cccc2c1C(=O)O[C@H]([C@H](CC(C)C)NC(=O)[C@@H](O)[C@H]1OC(=O)C[C@@H]1[NH3+])C2. The number of fused-ring (bicyclic) bond motifs is 1. The van der Waals surface area contributed by atoms with Gasteiger partial charge in [0.05, 0.1) is 13.2 Å². The van der Waals surface area contributed by atoms with Crippen molar-refractivity contribution in [3.05, 3.63) is 29.3 Å². The van der Waals surface area contributed by atoms with Crippen LogP contribution in [-0.4, -0.2) is 60.5 Å². The van der Waals surface area contributed by atoms with Crippen molar-refractivity contribution >= 4 is 17.8 Å². The summed E-state index contributed by atoms with van der Waals surface area (Å²) < 4.78 is 16.0. The minimum Gasteiger partial charge on any atom is -0.496 e. The third-order valence-corrected chi connectivity index (χ3v) is 5.46. The number of quaternary nitrogens is 1. The molecule has 30 heavy (non-hydrogen) atoms. The highest BCUT2D eigenvalue weighted by Crippen LogP contribution is 2.31. The Hall–Kier alpha value is -2.65. The number of hydrogen-bond acceptors (Lipinski definition) is 7. The molecule has 9 heteroatoms. The molecule has 0 aliphatic carbocycles. The minimum atomic E-state index is -1.54. The summed E-state index contributed by atoms with van der Waals surface area (Å²) in [5, 5.41) is 13.2. The molecule has 9 nitrogen and oxygen atoms in total. The van der Waals surface area contributed by atoms with E-state index >= 15 is 0 Å². The van der Waals surface area contributed by atoms with Gasteiger partial charge < -0.3 is 30.4 Å². The normalized spacial score (nSPS) is 25.2. The molecule has 0 bridgehead atoms. The Labute approximate surface area is 174 Å². The number of carbonyl (C=O) groups is 3. The Morgan fingerprint density at radius 1 is 1.30 bits per heavy atom. The highest BCUT2D eigenvalue weighted by atomic mass is 16.6. The zero-order valence-corrected chi connectivity index (χ0v) is 17.4. The van der Waals surface area contributed by atoms with Crippen LogP contribution in [0.1, 0.15) is 42.6 Å². The van der Waals surface area contributed by atoms with Crippen molar-refractivity contribution in [2.24, 2.45) is 5.92 Å². The summed E-state index contributed by atoms with van der Waals surface area (Å²) >= 11 is 0. The van der Waals surface area contributed by atoms with E-state index in [1.54, 1.807) is 12.1 Å². The largest absolute Gasteiger partial charge is 0.496 e. The van der Waals surface area contributed by atoms with Crippen LogP contribution in [0.5, 0.6) is 5.75 Å². The monoisotopic (exact) mass is 421 g/mol. The Bertz CT molecular complexity index is 826. The predicted octanol–water partition coefficient (Wildman–Crippen LogP) is -0.405. The fourth-order valence-corrected chi connectivity index (χ4v) is 4.01. The molecule has 0 aromatic heterocycles. The first kappa shape index (κ1) is 22.0. The Morgan fingerprint density at radius 3 is 2.63 bits per heavy atom. The maximum Gasteiger partial charge on any atom is 0.342 e. The number of nitrogens with one attached hydrogen (secondary N) is 1. The maximum atomic E-state index is 12.7. The van der Waals surface area contributed by atoms with Crippen LogP contribution in [0.3, 0.4) is 0 Å². The molecule has 2 aliphatic rings. The average molecular weight is 421 g/mol. The van der Waals surface area contributed by atoms with E-state index in [1.165, 1.54) is 7.11 Å². The molecular formula is C21H29N2O7+. The summed E-state index contributed by atoms with van der Waals surface area (Å²) in [6.45, 7) is 3.98.